The van der Waals surface area contributed by atoms with Gasteiger partial charge in [-0.3, -0.25) is 0 Å². The molecule has 2 aromatic heterocycles. The standard InChI is InChI=1S/C20H16ClN3S/c1-13-17(15-5-3-2-4-6-15)18-19(23-12-24-20(18)25-13)22-11-14-7-9-16(21)10-8-14/h2-10,12H,11H2,1H3,(H,22,23,24). The van der Waals surface area contributed by atoms with Gasteiger partial charge >= 0.3 is 0 Å². The maximum atomic E-state index is 5.96. The van der Waals surface area contributed by atoms with E-state index in [0.29, 0.717) is 6.54 Å². The van der Waals surface area contributed by atoms with Gasteiger partial charge in [0.25, 0.3) is 0 Å². The normalized spacial score (nSPS) is 11.0. The van der Waals surface area contributed by atoms with Crippen LogP contribution in [0.1, 0.15) is 10.4 Å². The SMILES string of the molecule is Cc1sc2ncnc(NCc3ccc(Cl)cc3)c2c1-c1ccccc1. The average Bonchev–Trinajstić information content (AvgIpc) is 2.98. The van der Waals surface area contributed by atoms with Crippen molar-refractivity contribution >= 4 is 39.0 Å². The average molecular weight is 366 g/mol. The predicted molar refractivity (Wildman–Crippen MR) is 106 cm³/mol. The van der Waals surface area contributed by atoms with Crippen LogP contribution in [0.5, 0.6) is 0 Å². The van der Waals surface area contributed by atoms with Gasteiger partial charge in [-0.15, -0.1) is 11.3 Å². The van der Waals surface area contributed by atoms with E-state index >= 15 is 0 Å². The zero-order valence-electron chi connectivity index (χ0n) is 13.7. The van der Waals surface area contributed by atoms with Gasteiger partial charge in [0.2, 0.25) is 0 Å². The van der Waals surface area contributed by atoms with Crippen LogP contribution >= 0.6 is 22.9 Å². The number of hydrogen-bond donors (Lipinski definition) is 1. The van der Waals surface area contributed by atoms with E-state index < -0.39 is 0 Å². The molecule has 0 radical (unpaired) electrons. The first kappa shape index (κ1) is 16.1. The largest absolute Gasteiger partial charge is 0.365 e. The molecule has 0 saturated carbocycles. The Morgan fingerprint density at radius 2 is 1.76 bits per heavy atom. The Labute approximate surface area is 155 Å². The molecule has 0 amide bonds. The summed E-state index contributed by atoms with van der Waals surface area (Å²) in [6.45, 7) is 2.82. The summed E-state index contributed by atoms with van der Waals surface area (Å²) in [5.74, 6) is 0.864. The second kappa shape index (κ2) is 6.82. The Bertz CT molecular complexity index is 1010. The van der Waals surface area contributed by atoms with Crippen LogP contribution in [0.2, 0.25) is 5.02 Å². The second-order valence-corrected chi connectivity index (χ2v) is 7.42. The summed E-state index contributed by atoms with van der Waals surface area (Å²) in [5, 5.41) is 5.29. The molecule has 0 aliphatic rings. The topological polar surface area (TPSA) is 37.8 Å². The highest BCUT2D eigenvalue weighted by Crippen LogP contribution is 2.40. The van der Waals surface area contributed by atoms with E-state index in [0.717, 1.165) is 26.6 Å². The number of nitrogens with one attached hydrogen (secondary N) is 1. The van der Waals surface area contributed by atoms with Gasteiger partial charge in [-0.2, -0.15) is 0 Å². The second-order valence-electron chi connectivity index (χ2n) is 5.78. The summed E-state index contributed by atoms with van der Waals surface area (Å²) in [5.41, 5.74) is 3.56. The van der Waals surface area contributed by atoms with Crippen LogP contribution in [0.4, 0.5) is 5.82 Å². The third-order valence-electron chi connectivity index (χ3n) is 4.10. The molecule has 0 unspecified atom stereocenters. The van der Waals surface area contributed by atoms with Gasteiger partial charge < -0.3 is 5.32 Å². The van der Waals surface area contributed by atoms with Crippen LogP contribution < -0.4 is 5.32 Å². The van der Waals surface area contributed by atoms with Crippen LogP contribution in [0, 0.1) is 6.92 Å². The van der Waals surface area contributed by atoms with E-state index in [9.17, 15) is 0 Å². The van der Waals surface area contributed by atoms with Crippen molar-refractivity contribution in [1.29, 1.82) is 0 Å². The number of fused-ring (bicyclic) bond motifs is 1. The molecule has 0 saturated heterocycles. The molecule has 0 aliphatic heterocycles. The summed E-state index contributed by atoms with van der Waals surface area (Å²) < 4.78 is 0. The first-order chi connectivity index (χ1) is 12.2. The van der Waals surface area contributed by atoms with E-state index in [2.05, 4.69) is 46.5 Å². The van der Waals surface area contributed by atoms with Gasteiger partial charge in [-0.25, -0.2) is 9.97 Å². The van der Waals surface area contributed by atoms with Crippen LogP contribution in [0.3, 0.4) is 0 Å². The molecule has 0 atom stereocenters. The van der Waals surface area contributed by atoms with Crippen molar-refractivity contribution < 1.29 is 0 Å². The van der Waals surface area contributed by atoms with E-state index in [1.807, 2.05) is 30.3 Å². The van der Waals surface area contributed by atoms with E-state index in [1.54, 1.807) is 17.7 Å². The minimum Gasteiger partial charge on any atom is -0.365 e. The number of aromatic nitrogens is 2. The number of rotatable bonds is 4. The first-order valence-electron chi connectivity index (χ1n) is 8.00. The fourth-order valence-corrected chi connectivity index (χ4v) is 4.06. The molecule has 1 N–H and O–H groups in total. The highest BCUT2D eigenvalue weighted by Gasteiger charge is 2.16. The van der Waals surface area contributed by atoms with Crippen molar-refractivity contribution in [2.24, 2.45) is 0 Å². The van der Waals surface area contributed by atoms with Gasteiger partial charge in [0.1, 0.15) is 17.0 Å². The van der Waals surface area contributed by atoms with Crippen LogP contribution in [-0.4, -0.2) is 9.97 Å². The summed E-state index contributed by atoms with van der Waals surface area (Å²) >= 11 is 7.66. The summed E-state index contributed by atoms with van der Waals surface area (Å²) in [4.78, 5) is 11.2. The molecule has 124 valence electrons. The lowest BCUT2D eigenvalue weighted by atomic mass is 10.0. The molecule has 4 aromatic rings. The summed E-state index contributed by atoms with van der Waals surface area (Å²) in [7, 11) is 0. The minimum atomic E-state index is 0.687. The number of thiophene rings is 1. The molecule has 2 heterocycles. The van der Waals surface area contributed by atoms with Crippen molar-refractivity contribution in [2.45, 2.75) is 13.5 Å². The first-order valence-corrected chi connectivity index (χ1v) is 9.19. The quantitative estimate of drug-likeness (QED) is 0.487. The number of halogens is 1. The highest BCUT2D eigenvalue weighted by molar-refractivity contribution is 7.19. The zero-order chi connectivity index (χ0) is 17.2. The van der Waals surface area contributed by atoms with E-state index in [1.165, 1.54) is 16.0 Å². The third-order valence-corrected chi connectivity index (χ3v) is 5.37. The maximum Gasteiger partial charge on any atom is 0.139 e. The Kier molecular flexibility index (Phi) is 4.38. The molecule has 2 aromatic carbocycles. The molecule has 4 rings (SSSR count). The van der Waals surface area contributed by atoms with Crippen molar-refractivity contribution in [3.05, 3.63) is 76.4 Å². The summed E-state index contributed by atoms with van der Waals surface area (Å²) in [6.07, 6.45) is 1.62. The molecule has 3 nitrogen and oxygen atoms in total. The van der Waals surface area contributed by atoms with E-state index in [4.69, 9.17) is 11.6 Å². The van der Waals surface area contributed by atoms with Gasteiger partial charge in [0, 0.05) is 22.0 Å². The summed E-state index contributed by atoms with van der Waals surface area (Å²) in [6, 6.07) is 18.2. The molecule has 5 heteroatoms. The third kappa shape index (κ3) is 3.23. The lowest BCUT2D eigenvalue weighted by Gasteiger charge is -2.09. The van der Waals surface area contributed by atoms with Crippen LogP contribution in [0.15, 0.2) is 60.9 Å². The Morgan fingerprint density at radius 1 is 1.00 bits per heavy atom. The molecular weight excluding hydrogens is 350 g/mol. The number of hydrogen-bond acceptors (Lipinski definition) is 4. The smallest absolute Gasteiger partial charge is 0.139 e. The zero-order valence-corrected chi connectivity index (χ0v) is 15.2. The Balaban J connectivity index is 1.75. The molecule has 0 aliphatic carbocycles. The Morgan fingerprint density at radius 3 is 2.52 bits per heavy atom. The molecular formula is C20H16ClN3S. The molecule has 0 spiro atoms. The van der Waals surface area contributed by atoms with Gasteiger partial charge in [0.15, 0.2) is 0 Å². The highest BCUT2D eigenvalue weighted by atomic mass is 35.5. The molecule has 0 fully saturated rings. The van der Waals surface area contributed by atoms with Crippen molar-refractivity contribution in [2.75, 3.05) is 5.32 Å². The lowest BCUT2D eigenvalue weighted by molar-refractivity contribution is 1.11. The van der Waals surface area contributed by atoms with Crippen molar-refractivity contribution in [3.63, 3.8) is 0 Å². The lowest BCUT2D eigenvalue weighted by Crippen LogP contribution is -2.02. The van der Waals surface area contributed by atoms with Gasteiger partial charge in [-0.05, 0) is 30.2 Å². The predicted octanol–water partition coefficient (Wildman–Crippen LogP) is 5.93. The van der Waals surface area contributed by atoms with Crippen LogP contribution in [-0.2, 0) is 6.54 Å². The monoisotopic (exact) mass is 365 g/mol. The molecule has 0 bridgehead atoms. The fourth-order valence-electron chi connectivity index (χ4n) is 2.92. The minimum absolute atomic E-state index is 0.687. The fraction of sp³-hybridized carbons (Fsp3) is 0.100. The van der Waals surface area contributed by atoms with Gasteiger partial charge in [0.05, 0.1) is 5.39 Å². The van der Waals surface area contributed by atoms with Crippen molar-refractivity contribution in [3.8, 4) is 11.1 Å². The van der Waals surface area contributed by atoms with Gasteiger partial charge in [-0.1, -0.05) is 54.1 Å². The van der Waals surface area contributed by atoms with E-state index in [-0.39, 0.29) is 0 Å². The molecule has 25 heavy (non-hydrogen) atoms. The maximum absolute atomic E-state index is 5.96. The number of aryl methyl sites for hydroxylation is 1. The number of benzene rings is 2. The van der Waals surface area contributed by atoms with Crippen LogP contribution in [0.25, 0.3) is 21.3 Å². The Hall–Kier alpha value is -2.43. The van der Waals surface area contributed by atoms with Crippen molar-refractivity contribution in [1.82, 2.24) is 9.97 Å². The number of anilines is 1. The number of nitrogens with zero attached hydrogens (tertiary/aromatic N) is 2.